The predicted molar refractivity (Wildman–Crippen MR) is 87.2 cm³/mol. The van der Waals surface area contributed by atoms with E-state index in [1.165, 1.54) is 5.69 Å². The maximum absolute atomic E-state index is 5.64. The smallest absolute Gasteiger partial charge is 0.195 e. The number of hydrogen-bond acceptors (Lipinski definition) is 5. The molecule has 3 heterocycles. The summed E-state index contributed by atoms with van der Waals surface area (Å²) in [6.07, 6.45) is 3.57. The molecule has 0 spiro atoms. The maximum Gasteiger partial charge on any atom is 0.195 e. The lowest BCUT2D eigenvalue weighted by molar-refractivity contribution is 0.0496. The van der Waals surface area contributed by atoms with Crippen LogP contribution in [0.1, 0.15) is 26.0 Å². The highest BCUT2D eigenvalue weighted by Gasteiger charge is 2.29. The molecule has 3 rings (SSSR count). The predicted octanol–water partition coefficient (Wildman–Crippen LogP) is 2.37. The summed E-state index contributed by atoms with van der Waals surface area (Å²) in [5.74, 6) is 1.74. The highest BCUT2D eigenvalue weighted by molar-refractivity contribution is 7.15. The highest BCUT2D eigenvalue weighted by Crippen LogP contribution is 2.29. The zero-order valence-electron chi connectivity index (χ0n) is 13.0. The summed E-state index contributed by atoms with van der Waals surface area (Å²) < 4.78 is 7.85. The van der Waals surface area contributed by atoms with Gasteiger partial charge in [0.15, 0.2) is 10.8 Å². The van der Waals surface area contributed by atoms with E-state index in [0.29, 0.717) is 12.0 Å². The molecule has 0 bridgehead atoms. The van der Waals surface area contributed by atoms with Gasteiger partial charge in [0.05, 0.1) is 11.8 Å². The van der Waals surface area contributed by atoms with Crippen LogP contribution in [0.15, 0.2) is 11.6 Å². The Bertz CT molecular complexity index is 594. The van der Waals surface area contributed by atoms with Crippen LogP contribution in [0, 0.1) is 5.92 Å². The summed E-state index contributed by atoms with van der Waals surface area (Å²) in [6, 6.07) is 0. The third-order valence-corrected chi connectivity index (χ3v) is 5.13. The Balaban J connectivity index is 1.90. The monoisotopic (exact) mass is 308 g/mol. The SMILES string of the molecule is CCNCc1c(N2CCC(C)C(OC)C2)nc2sccn12. The van der Waals surface area contributed by atoms with E-state index in [1.54, 1.807) is 11.3 Å². The molecular formula is C15H24N4OS. The van der Waals surface area contributed by atoms with Crippen LogP contribution in [0.5, 0.6) is 0 Å². The summed E-state index contributed by atoms with van der Waals surface area (Å²) >= 11 is 1.69. The van der Waals surface area contributed by atoms with Crippen molar-refractivity contribution in [3.05, 3.63) is 17.3 Å². The Hall–Kier alpha value is -1.11. The van der Waals surface area contributed by atoms with Crippen molar-refractivity contribution in [3.8, 4) is 0 Å². The van der Waals surface area contributed by atoms with E-state index in [2.05, 4.69) is 40.0 Å². The van der Waals surface area contributed by atoms with E-state index >= 15 is 0 Å². The Morgan fingerprint density at radius 1 is 1.52 bits per heavy atom. The normalized spacial score (nSPS) is 23.1. The van der Waals surface area contributed by atoms with Crippen molar-refractivity contribution in [1.82, 2.24) is 14.7 Å². The fourth-order valence-electron chi connectivity index (χ4n) is 3.02. The van der Waals surface area contributed by atoms with Crippen LogP contribution in [0.2, 0.25) is 0 Å². The standard InChI is InChI=1S/C15H24N4OS/c1-4-16-9-12-14(17-15-19(12)7-8-21-15)18-6-5-11(2)13(10-18)20-3/h7-8,11,13,16H,4-6,9-10H2,1-3H3. The van der Waals surface area contributed by atoms with Crippen LogP contribution in [0.25, 0.3) is 4.96 Å². The number of aromatic nitrogens is 2. The molecule has 6 heteroatoms. The number of anilines is 1. The van der Waals surface area contributed by atoms with Gasteiger partial charge in [0.1, 0.15) is 0 Å². The van der Waals surface area contributed by atoms with Gasteiger partial charge >= 0.3 is 0 Å². The van der Waals surface area contributed by atoms with E-state index < -0.39 is 0 Å². The van der Waals surface area contributed by atoms with Crippen molar-refractivity contribution in [2.75, 3.05) is 31.6 Å². The number of imidazole rings is 1. The van der Waals surface area contributed by atoms with Crippen molar-refractivity contribution in [2.45, 2.75) is 32.9 Å². The van der Waals surface area contributed by atoms with Gasteiger partial charge in [-0.25, -0.2) is 4.98 Å². The van der Waals surface area contributed by atoms with Crippen LogP contribution < -0.4 is 10.2 Å². The van der Waals surface area contributed by atoms with Crippen LogP contribution >= 0.6 is 11.3 Å². The molecule has 5 nitrogen and oxygen atoms in total. The first-order chi connectivity index (χ1) is 10.2. The van der Waals surface area contributed by atoms with Gasteiger partial charge < -0.3 is 15.0 Å². The van der Waals surface area contributed by atoms with E-state index in [4.69, 9.17) is 9.72 Å². The van der Waals surface area contributed by atoms with E-state index in [9.17, 15) is 0 Å². The molecule has 0 radical (unpaired) electrons. The number of thiazole rings is 1. The molecule has 0 aromatic carbocycles. The molecule has 116 valence electrons. The molecule has 0 aliphatic carbocycles. The van der Waals surface area contributed by atoms with Crippen molar-refractivity contribution in [2.24, 2.45) is 5.92 Å². The largest absolute Gasteiger partial charge is 0.379 e. The molecule has 21 heavy (non-hydrogen) atoms. The zero-order chi connectivity index (χ0) is 14.8. The molecular weight excluding hydrogens is 284 g/mol. The summed E-state index contributed by atoms with van der Waals surface area (Å²) in [5.41, 5.74) is 1.26. The molecule has 1 aliphatic heterocycles. The topological polar surface area (TPSA) is 41.8 Å². The van der Waals surface area contributed by atoms with Crippen LogP contribution in [-0.2, 0) is 11.3 Å². The second kappa shape index (κ2) is 6.34. The fraction of sp³-hybridized carbons (Fsp3) is 0.667. The molecule has 2 aromatic heterocycles. The number of fused-ring (bicyclic) bond motifs is 1. The first-order valence-electron chi connectivity index (χ1n) is 7.67. The second-order valence-corrected chi connectivity index (χ2v) is 6.58. The molecule has 1 N–H and O–H groups in total. The van der Waals surface area contributed by atoms with Crippen molar-refractivity contribution in [3.63, 3.8) is 0 Å². The van der Waals surface area contributed by atoms with Gasteiger partial charge in [-0.05, 0) is 18.9 Å². The average molecular weight is 308 g/mol. The first kappa shape index (κ1) is 14.8. The lowest BCUT2D eigenvalue weighted by atomic mass is 9.96. The third-order valence-electron chi connectivity index (χ3n) is 4.37. The summed E-state index contributed by atoms with van der Waals surface area (Å²) in [5, 5.41) is 5.53. The van der Waals surface area contributed by atoms with Gasteiger partial charge in [0, 0.05) is 38.3 Å². The first-order valence-corrected chi connectivity index (χ1v) is 8.55. The highest BCUT2D eigenvalue weighted by atomic mass is 32.1. The minimum absolute atomic E-state index is 0.297. The maximum atomic E-state index is 5.64. The Labute approximate surface area is 129 Å². The summed E-state index contributed by atoms with van der Waals surface area (Å²) in [7, 11) is 1.82. The molecule has 2 aromatic rings. The number of ether oxygens (including phenoxy) is 1. The third kappa shape index (κ3) is 2.80. The van der Waals surface area contributed by atoms with Crippen LogP contribution in [-0.4, -0.2) is 42.2 Å². The molecule has 2 unspecified atom stereocenters. The summed E-state index contributed by atoms with van der Waals surface area (Å²) in [4.78, 5) is 8.32. The number of hydrogen-bond donors (Lipinski definition) is 1. The van der Waals surface area contributed by atoms with Crippen molar-refractivity contribution < 1.29 is 4.74 Å². The van der Waals surface area contributed by atoms with Gasteiger partial charge in [-0.15, -0.1) is 11.3 Å². The van der Waals surface area contributed by atoms with Crippen LogP contribution in [0.4, 0.5) is 5.82 Å². The molecule has 0 saturated carbocycles. The van der Waals surface area contributed by atoms with Gasteiger partial charge in [-0.1, -0.05) is 13.8 Å². The Morgan fingerprint density at radius 3 is 3.14 bits per heavy atom. The average Bonchev–Trinajstić information content (AvgIpc) is 3.07. The van der Waals surface area contributed by atoms with Gasteiger partial charge in [0.2, 0.25) is 0 Å². The molecule has 2 atom stereocenters. The van der Waals surface area contributed by atoms with Gasteiger partial charge in [-0.2, -0.15) is 0 Å². The quantitative estimate of drug-likeness (QED) is 0.921. The van der Waals surface area contributed by atoms with Gasteiger partial charge in [0.25, 0.3) is 0 Å². The van der Waals surface area contributed by atoms with E-state index in [1.807, 2.05) is 7.11 Å². The van der Waals surface area contributed by atoms with Crippen molar-refractivity contribution in [1.29, 1.82) is 0 Å². The van der Waals surface area contributed by atoms with E-state index in [0.717, 1.165) is 43.4 Å². The Morgan fingerprint density at radius 2 is 2.38 bits per heavy atom. The number of piperidine rings is 1. The number of nitrogens with zero attached hydrogens (tertiary/aromatic N) is 3. The van der Waals surface area contributed by atoms with E-state index in [-0.39, 0.29) is 0 Å². The second-order valence-electron chi connectivity index (χ2n) is 5.70. The molecule has 1 aliphatic rings. The minimum Gasteiger partial charge on any atom is -0.379 e. The molecule has 1 fully saturated rings. The molecule has 0 amide bonds. The van der Waals surface area contributed by atoms with Gasteiger partial charge in [-0.3, -0.25) is 4.40 Å². The van der Waals surface area contributed by atoms with Crippen LogP contribution in [0.3, 0.4) is 0 Å². The number of rotatable bonds is 5. The summed E-state index contributed by atoms with van der Waals surface area (Å²) in [6.45, 7) is 8.22. The lowest BCUT2D eigenvalue weighted by Crippen LogP contribution is -2.44. The number of methoxy groups -OCH3 is 1. The fourth-order valence-corrected chi connectivity index (χ4v) is 3.74. The molecule has 1 saturated heterocycles. The Kier molecular flexibility index (Phi) is 4.47. The minimum atomic E-state index is 0.297. The number of nitrogens with one attached hydrogen (secondary N) is 1. The van der Waals surface area contributed by atoms with Crippen molar-refractivity contribution >= 4 is 22.1 Å². The zero-order valence-corrected chi connectivity index (χ0v) is 13.8. The lowest BCUT2D eigenvalue weighted by Gasteiger charge is -2.36.